The summed E-state index contributed by atoms with van der Waals surface area (Å²) < 4.78 is 7.25. The molecule has 5 heteroatoms. The van der Waals surface area contributed by atoms with Gasteiger partial charge in [0.2, 0.25) is 0 Å². The molecule has 1 aliphatic carbocycles. The lowest BCUT2D eigenvalue weighted by molar-refractivity contribution is 0.0323. The van der Waals surface area contributed by atoms with Gasteiger partial charge in [0, 0.05) is 32.9 Å². The Labute approximate surface area is 102 Å². The van der Waals surface area contributed by atoms with Crippen LogP contribution in [0.4, 0.5) is 0 Å². The highest BCUT2D eigenvalue weighted by molar-refractivity contribution is 4.99. The first-order valence-electron chi connectivity index (χ1n) is 6.19. The molecule has 1 heterocycles. The largest absolute Gasteiger partial charge is 0.389 e. The van der Waals surface area contributed by atoms with Gasteiger partial charge in [0.05, 0.1) is 18.4 Å². The molecule has 1 fully saturated rings. The molecule has 1 saturated carbocycles. The van der Waals surface area contributed by atoms with Crippen LogP contribution in [0.1, 0.15) is 18.5 Å². The minimum Gasteiger partial charge on any atom is -0.389 e. The van der Waals surface area contributed by atoms with Crippen LogP contribution in [0.2, 0.25) is 0 Å². The summed E-state index contributed by atoms with van der Waals surface area (Å²) in [6.45, 7) is 2.50. The molecule has 2 rings (SSSR count). The zero-order valence-electron chi connectivity index (χ0n) is 10.3. The van der Waals surface area contributed by atoms with E-state index in [4.69, 9.17) is 4.74 Å². The highest BCUT2D eigenvalue weighted by atomic mass is 16.5. The number of aliphatic hydroxyl groups is 1. The second kappa shape index (κ2) is 6.14. The Kier molecular flexibility index (Phi) is 4.53. The molecule has 96 valence electrons. The van der Waals surface area contributed by atoms with Gasteiger partial charge in [-0.3, -0.25) is 4.68 Å². The second-order valence-electron chi connectivity index (χ2n) is 4.71. The predicted molar refractivity (Wildman–Crippen MR) is 64.5 cm³/mol. The van der Waals surface area contributed by atoms with Crippen LogP contribution in [0, 0.1) is 5.92 Å². The maximum absolute atomic E-state index is 9.67. The van der Waals surface area contributed by atoms with Crippen molar-refractivity contribution < 1.29 is 9.84 Å². The van der Waals surface area contributed by atoms with Crippen LogP contribution < -0.4 is 5.32 Å². The van der Waals surface area contributed by atoms with Crippen LogP contribution >= 0.6 is 0 Å². The smallest absolute Gasteiger partial charge is 0.0897 e. The van der Waals surface area contributed by atoms with Crippen molar-refractivity contribution in [2.24, 2.45) is 13.0 Å². The third-order valence-electron chi connectivity index (χ3n) is 2.97. The molecule has 1 aromatic heterocycles. The molecule has 0 amide bonds. The fourth-order valence-corrected chi connectivity index (χ4v) is 1.66. The molecule has 1 unspecified atom stereocenters. The highest BCUT2D eigenvalue weighted by Crippen LogP contribution is 2.28. The quantitative estimate of drug-likeness (QED) is 0.685. The fourth-order valence-electron chi connectivity index (χ4n) is 1.66. The molecule has 1 atom stereocenters. The number of rotatable bonds is 8. The van der Waals surface area contributed by atoms with Crippen molar-refractivity contribution in [1.29, 1.82) is 0 Å². The van der Waals surface area contributed by atoms with Crippen LogP contribution in [0.15, 0.2) is 12.3 Å². The van der Waals surface area contributed by atoms with Crippen molar-refractivity contribution in [3.05, 3.63) is 18.0 Å². The maximum Gasteiger partial charge on any atom is 0.0897 e. The summed E-state index contributed by atoms with van der Waals surface area (Å²) in [5.74, 6) is 0.754. The molecule has 0 aliphatic heterocycles. The molecule has 2 N–H and O–H groups in total. The van der Waals surface area contributed by atoms with Gasteiger partial charge < -0.3 is 15.2 Å². The van der Waals surface area contributed by atoms with E-state index in [0.29, 0.717) is 13.2 Å². The molecule has 5 nitrogen and oxygen atoms in total. The first-order valence-corrected chi connectivity index (χ1v) is 6.19. The molecule has 0 saturated heterocycles. The van der Waals surface area contributed by atoms with E-state index < -0.39 is 6.10 Å². The standard InChI is InChI=1S/C12H21N3O2/c1-15-11(4-5-14-15)6-13-7-12(16)9-17-8-10-2-3-10/h4-5,10,12-13,16H,2-3,6-9H2,1H3. The highest BCUT2D eigenvalue weighted by Gasteiger charge is 2.21. The molecular formula is C12H21N3O2. The van der Waals surface area contributed by atoms with Gasteiger partial charge in [-0.15, -0.1) is 0 Å². The lowest BCUT2D eigenvalue weighted by atomic mass is 10.3. The van der Waals surface area contributed by atoms with Gasteiger partial charge in [-0.1, -0.05) is 0 Å². The van der Waals surface area contributed by atoms with Crippen molar-refractivity contribution in [3.8, 4) is 0 Å². The third-order valence-corrected chi connectivity index (χ3v) is 2.97. The summed E-state index contributed by atoms with van der Waals surface area (Å²) in [6, 6.07) is 1.96. The lowest BCUT2D eigenvalue weighted by Crippen LogP contribution is -2.30. The molecule has 0 bridgehead atoms. The van der Waals surface area contributed by atoms with Crippen LogP contribution in [0.25, 0.3) is 0 Å². The third kappa shape index (κ3) is 4.46. The van der Waals surface area contributed by atoms with Crippen LogP contribution in [0.3, 0.4) is 0 Å². The summed E-state index contributed by atoms with van der Waals surface area (Å²) in [4.78, 5) is 0. The maximum atomic E-state index is 9.67. The van der Waals surface area contributed by atoms with Crippen LogP contribution in [-0.4, -0.2) is 40.7 Å². The van der Waals surface area contributed by atoms with E-state index in [9.17, 15) is 5.11 Å². The predicted octanol–water partition coefficient (Wildman–Crippen LogP) is 0.297. The monoisotopic (exact) mass is 239 g/mol. The van der Waals surface area contributed by atoms with E-state index in [0.717, 1.165) is 24.8 Å². The van der Waals surface area contributed by atoms with Gasteiger partial charge >= 0.3 is 0 Å². The molecule has 0 spiro atoms. The Balaban J connectivity index is 1.53. The summed E-state index contributed by atoms with van der Waals surface area (Å²) >= 11 is 0. The first-order chi connectivity index (χ1) is 8.25. The van der Waals surface area contributed by atoms with Crippen molar-refractivity contribution in [2.75, 3.05) is 19.8 Å². The molecule has 0 aromatic carbocycles. The number of hydrogen-bond acceptors (Lipinski definition) is 4. The van der Waals surface area contributed by atoms with E-state index in [2.05, 4.69) is 10.4 Å². The zero-order valence-corrected chi connectivity index (χ0v) is 10.3. The Morgan fingerprint density at radius 2 is 2.47 bits per heavy atom. The molecule has 17 heavy (non-hydrogen) atoms. The van der Waals surface area contributed by atoms with Crippen molar-refractivity contribution in [1.82, 2.24) is 15.1 Å². The Hall–Kier alpha value is -0.910. The molecule has 1 aliphatic rings. The van der Waals surface area contributed by atoms with Crippen LogP contribution in [0.5, 0.6) is 0 Å². The van der Waals surface area contributed by atoms with E-state index >= 15 is 0 Å². The van der Waals surface area contributed by atoms with Crippen molar-refractivity contribution >= 4 is 0 Å². The normalized spacial score (nSPS) is 17.3. The number of aromatic nitrogens is 2. The van der Waals surface area contributed by atoms with Gasteiger partial charge in [-0.2, -0.15) is 5.10 Å². The number of nitrogens with one attached hydrogen (secondary N) is 1. The van der Waals surface area contributed by atoms with E-state index in [1.807, 2.05) is 17.8 Å². The molecule has 0 radical (unpaired) electrons. The Bertz CT molecular complexity index is 336. The number of nitrogens with zero attached hydrogens (tertiary/aromatic N) is 2. The zero-order chi connectivity index (χ0) is 12.1. The van der Waals surface area contributed by atoms with Crippen molar-refractivity contribution in [3.63, 3.8) is 0 Å². The fraction of sp³-hybridized carbons (Fsp3) is 0.750. The Morgan fingerprint density at radius 3 is 3.12 bits per heavy atom. The van der Waals surface area contributed by atoms with E-state index in [-0.39, 0.29) is 0 Å². The van der Waals surface area contributed by atoms with Crippen LogP contribution in [-0.2, 0) is 18.3 Å². The van der Waals surface area contributed by atoms with E-state index in [1.165, 1.54) is 12.8 Å². The van der Waals surface area contributed by atoms with E-state index in [1.54, 1.807) is 6.20 Å². The van der Waals surface area contributed by atoms with Gasteiger partial charge in [-0.05, 0) is 24.8 Å². The summed E-state index contributed by atoms with van der Waals surface area (Å²) in [6.07, 6.45) is 3.91. The van der Waals surface area contributed by atoms with Gasteiger partial charge in [0.1, 0.15) is 0 Å². The number of aryl methyl sites for hydroxylation is 1. The number of hydrogen-bond donors (Lipinski definition) is 2. The second-order valence-corrected chi connectivity index (χ2v) is 4.71. The average molecular weight is 239 g/mol. The summed E-state index contributed by atoms with van der Waals surface area (Å²) in [5.41, 5.74) is 1.11. The molecule has 1 aromatic rings. The topological polar surface area (TPSA) is 59.3 Å². The van der Waals surface area contributed by atoms with Gasteiger partial charge in [0.15, 0.2) is 0 Å². The Morgan fingerprint density at radius 1 is 1.65 bits per heavy atom. The lowest BCUT2D eigenvalue weighted by Gasteiger charge is -2.12. The summed E-state index contributed by atoms with van der Waals surface area (Å²) in [7, 11) is 1.91. The average Bonchev–Trinajstić information content (AvgIpc) is 3.03. The minimum absolute atomic E-state index is 0.425. The summed E-state index contributed by atoms with van der Waals surface area (Å²) in [5, 5.41) is 16.9. The van der Waals surface area contributed by atoms with Gasteiger partial charge in [0.25, 0.3) is 0 Å². The van der Waals surface area contributed by atoms with Gasteiger partial charge in [-0.25, -0.2) is 0 Å². The van der Waals surface area contributed by atoms with Crippen molar-refractivity contribution in [2.45, 2.75) is 25.5 Å². The molecular weight excluding hydrogens is 218 g/mol. The number of ether oxygens (including phenoxy) is 1. The minimum atomic E-state index is -0.429. The first kappa shape index (κ1) is 12.5. The number of aliphatic hydroxyl groups excluding tert-OH is 1. The SMILES string of the molecule is Cn1nccc1CNCC(O)COCC1CC1.